The van der Waals surface area contributed by atoms with E-state index in [1.807, 2.05) is 0 Å². The Labute approximate surface area is 117 Å². The van der Waals surface area contributed by atoms with Gasteiger partial charge in [-0.2, -0.15) is 0 Å². The maximum Gasteiger partial charge on any atom is 0.253 e. The van der Waals surface area contributed by atoms with E-state index >= 15 is 0 Å². The molecule has 1 aromatic carbocycles. The highest BCUT2D eigenvalue weighted by atomic mass is 35.5. The van der Waals surface area contributed by atoms with Crippen LogP contribution in [0.1, 0.15) is 23.7 Å². The molecule has 3 nitrogen and oxygen atoms in total. The maximum atomic E-state index is 13.1. The molecular formula is C14H18ClFN2O. The first-order valence-corrected chi connectivity index (χ1v) is 6.85. The third kappa shape index (κ3) is 3.07. The third-order valence-electron chi connectivity index (χ3n) is 3.87. The number of benzene rings is 1. The molecular weight excluding hydrogens is 267 g/mol. The normalized spacial score (nSPS) is 23.5. The monoisotopic (exact) mass is 284 g/mol. The second-order valence-electron chi connectivity index (χ2n) is 5.14. The first-order chi connectivity index (χ1) is 9.02. The predicted octanol–water partition coefficient (Wildman–Crippen LogP) is 2.54. The Kier molecular flexibility index (Phi) is 4.42. The van der Waals surface area contributed by atoms with Crippen molar-refractivity contribution in [3.05, 3.63) is 34.6 Å². The lowest BCUT2D eigenvalue weighted by Gasteiger charge is -2.36. The van der Waals surface area contributed by atoms with Crippen LogP contribution in [0.4, 0.5) is 4.39 Å². The van der Waals surface area contributed by atoms with Crippen LogP contribution < -0.4 is 5.73 Å². The van der Waals surface area contributed by atoms with E-state index in [-0.39, 0.29) is 10.9 Å². The highest BCUT2D eigenvalue weighted by Gasteiger charge is 2.28. The molecule has 0 radical (unpaired) electrons. The number of nitrogens with zero attached hydrogens (tertiary/aromatic N) is 1. The minimum atomic E-state index is -0.509. The topological polar surface area (TPSA) is 46.3 Å². The van der Waals surface area contributed by atoms with E-state index in [4.69, 9.17) is 17.3 Å². The van der Waals surface area contributed by atoms with Gasteiger partial charge in [-0.3, -0.25) is 4.79 Å². The van der Waals surface area contributed by atoms with Crippen molar-refractivity contribution in [1.82, 2.24) is 4.90 Å². The summed E-state index contributed by atoms with van der Waals surface area (Å²) < 4.78 is 13.1. The number of rotatable bonds is 2. The van der Waals surface area contributed by atoms with E-state index in [0.717, 1.165) is 6.42 Å². The van der Waals surface area contributed by atoms with Crippen LogP contribution in [0.5, 0.6) is 0 Å². The average Bonchev–Trinajstić information content (AvgIpc) is 2.41. The molecule has 1 aliphatic rings. The Morgan fingerprint density at radius 1 is 1.58 bits per heavy atom. The SMILES string of the molecule is CC1CCN(C(=O)c2ccc(F)c(Cl)c2)CC1CN. The van der Waals surface area contributed by atoms with E-state index in [9.17, 15) is 9.18 Å². The molecule has 1 fully saturated rings. The third-order valence-corrected chi connectivity index (χ3v) is 4.16. The van der Waals surface area contributed by atoms with Crippen LogP contribution in [0.15, 0.2) is 18.2 Å². The molecule has 0 aromatic heterocycles. The summed E-state index contributed by atoms with van der Waals surface area (Å²) in [7, 11) is 0. The summed E-state index contributed by atoms with van der Waals surface area (Å²) >= 11 is 5.71. The first-order valence-electron chi connectivity index (χ1n) is 6.47. The number of amides is 1. The van der Waals surface area contributed by atoms with Crippen molar-refractivity contribution < 1.29 is 9.18 Å². The maximum absolute atomic E-state index is 13.1. The molecule has 1 amide bonds. The zero-order valence-electron chi connectivity index (χ0n) is 10.9. The van der Waals surface area contributed by atoms with Gasteiger partial charge in [0.05, 0.1) is 5.02 Å². The van der Waals surface area contributed by atoms with Gasteiger partial charge in [0, 0.05) is 18.7 Å². The molecule has 1 aliphatic heterocycles. The van der Waals surface area contributed by atoms with Gasteiger partial charge >= 0.3 is 0 Å². The molecule has 5 heteroatoms. The predicted molar refractivity (Wildman–Crippen MR) is 73.6 cm³/mol. The molecule has 2 unspecified atom stereocenters. The summed E-state index contributed by atoms with van der Waals surface area (Å²) in [6.45, 7) is 4.11. The molecule has 1 aromatic rings. The molecule has 19 heavy (non-hydrogen) atoms. The number of carbonyl (C=O) groups is 1. The first kappa shape index (κ1) is 14.3. The molecule has 0 aliphatic carbocycles. The molecule has 1 saturated heterocycles. The fourth-order valence-electron chi connectivity index (χ4n) is 2.45. The van der Waals surface area contributed by atoms with Crippen molar-refractivity contribution in [2.75, 3.05) is 19.6 Å². The fraction of sp³-hybridized carbons (Fsp3) is 0.500. The lowest BCUT2D eigenvalue weighted by molar-refractivity contribution is 0.0618. The minimum Gasteiger partial charge on any atom is -0.338 e. The number of carbonyl (C=O) groups excluding carboxylic acids is 1. The molecule has 0 spiro atoms. The molecule has 104 valence electrons. The lowest BCUT2D eigenvalue weighted by atomic mass is 9.87. The van der Waals surface area contributed by atoms with Gasteiger partial charge in [0.2, 0.25) is 0 Å². The molecule has 1 heterocycles. The fourth-order valence-corrected chi connectivity index (χ4v) is 2.63. The largest absolute Gasteiger partial charge is 0.338 e. The number of hydrogen-bond donors (Lipinski definition) is 1. The molecule has 2 atom stereocenters. The van der Waals surface area contributed by atoms with Crippen molar-refractivity contribution in [1.29, 1.82) is 0 Å². The van der Waals surface area contributed by atoms with E-state index in [2.05, 4.69) is 6.92 Å². The van der Waals surface area contributed by atoms with Gasteiger partial charge < -0.3 is 10.6 Å². The highest BCUT2D eigenvalue weighted by molar-refractivity contribution is 6.31. The lowest BCUT2D eigenvalue weighted by Crippen LogP contribution is -2.45. The summed E-state index contributed by atoms with van der Waals surface area (Å²) in [5.74, 6) is 0.247. The van der Waals surface area contributed by atoms with E-state index in [1.165, 1.54) is 18.2 Å². The highest BCUT2D eigenvalue weighted by Crippen LogP contribution is 2.24. The summed E-state index contributed by atoms with van der Waals surface area (Å²) in [4.78, 5) is 14.1. The van der Waals surface area contributed by atoms with Gasteiger partial charge in [0.1, 0.15) is 5.82 Å². The number of halogens is 2. The second kappa shape index (κ2) is 5.88. The van der Waals surface area contributed by atoms with E-state index < -0.39 is 5.82 Å². The van der Waals surface area contributed by atoms with Crippen LogP contribution >= 0.6 is 11.6 Å². The van der Waals surface area contributed by atoms with Crippen LogP contribution in [0.3, 0.4) is 0 Å². The van der Waals surface area contributed by atoms with Gasteiger partial charge in [0.15, 0.2) is 0 Å². The van der Waals surface area contributed by atoms with Crippen LogP contribution in [0.25, 0.3) is 0 Å². The van der Waals surface area contributed by atoms with Gasteiger partial charge in [0.25, 0.3) is 5.91 Å². The zero-order valence-corrected chi connectivity index (χ0v) is 11.7. The Balaban J connectivity index is 2.13. The summed E-state index contributed by atoms with van der Waals surface area (Å²) in [6.07, 6.45) is 0.947. The zero-order chi connectivity index (χ0) is 14.0. The van der Waals surface area contributed by atoms with E-state index in [1.54, 1.807) is 4.90 Å². The Bertz CT molecular complexity index is 481. The second-order valence-corrected chi connectivity index (χ2v) is 5.55. The van der Waals surface area contributed by atoms with Crippen LogP contribution in [-0.4, -0.2) is 30.4 Å². The van der Waals surface area contributed by atoms with Gasteiger partial charge in [-0.15, -0.1) is 0 Å². The van der Waals surface area contributed by atoms with Crippen LogP contribution in [0, 0.1) is 17.7 Å². The number of nitrogens with two attached hydrogens (primary N) is 1. The van der Waals surface area contributed by atoms with Crippen molar-refractivity contribution in [2.24, 2.45) is 17.6 Å². The van der Waals surface area contributed by atoms with Crippen LogP contribution in [0.2, 0.25) is 5.02 Å². The van der Waals surface area contributed by atoms with Gasteiger partial charge in [-0.1, -0.05) is 18.5 Å². The van der Waals surface area contributed by atoms with Crippen molar-refractivity contribution >= 4 is 17.5 Å². The molecule has 2 rings (SSSR count). The Morgan fingerprint density at radius 3 is 2.95 bits per heavy atom. The number of likely N-dealkylation sites (tertiary alicyclic amines) is 1. The number of piperidine rings is 1. The van der Waals surface area contributed by atoms with Crippen molar-refractivity contribution in [2.45, 2.75) is 13.3 Å². The molecule has 0 saturated carbocycles. The summed E-state index contributed by atoms with van der Waals surface area (Å²) in [5, 5.41) is -0.0217. The summed E-state index contributed by atoms with van der Waals surface area (Å²) in [6, 6.07) is 4.08. The molecule has 0 bridgehead atoms. The quantitative estimate of drug-likeness (QED) is 0.907. The average molecular weight is 285 g/mol. The van der Waals surface area contributed by atoms with Crippen molar-refractivity contribution in [3.63, 3.8) is 0 Å². The minimum absolute atomic E-state index is 0.0217. The van der Waals surface area contributed by atoms with E-state index in [0.29, 0.717) is 37.0 Å². The standard InChI is InChI=1S/C14H18ClFN2O/c1-9-4-5-18(8-11(9)7-17)14(19)10-2-3-13(16)12(15)6-10/h2-3,6,9,11H,4-5,7-8,17H2,1H3. The van der Waals surface area contributed by atoms with Gasteiger partial charge in [-0.05, 0) is 43.0 Å². The summed E-state index contributed by atoms with van der Waals surface area (Å²) in [5.41, 5.74) is 6.16. The number of hydrogen-bond acceptors (Lipinski definition) is 2. The smallest absolute Gasteiger partial charge is 0.253 e. The van der Waals surface area contributed by atoms with Gasteiger partial charge in [-0.25, -0.2) is 4.39 Å². The Hall–Kier alpha value is -1.13. The van der Waals surface area contributed by atoms with Crippen LogP contribution in [-0.2, 0) is 0 Å². The Morgan fingerprint density at radius 2 is 2.32 bits per heavy atom. The van der Waals surface area contributed by atoms with Crippen molar-refractivity contribution in [3.8, 4) is 0 Å². The molecule has 2 N–H and O–H groups in total.